The van der Waals surface area contributed by atoms with Gasteiger partial charge in [-0.15, -0.1) is 0 Å². The second-order valence-corrected chi connectivity index (χ2v) is 6.06. The number of pyridine rings is 1. The van der Waals surface area contributed by atoms with Crippen LogP contribution in [0.5, 0.6) is 0 Å². The maximum atomic E-state index is 11.8. The van der Waals surface area contributed by atoms with Crippen LogP contribution >= 0.6 is 0 Å². The molecule has 0 aromatic carbocycles. The zero-order valence-corrected chi connectivity index (χ0v) is 11.9. The van der Waals surface area contributed by atoms with Crippen LogP contribution in [0.25, 0.3) is 0 Å². The van der Waals surface area contributed by atoms with Gasteiger partial charge in [0.1, 0.15) is 5.60 Å². The summed E-state index contributed by atoms with van der Waals surface area (Å²) in [6.07, 6.45) is 2.88. The minimum Gasteiger partial charge on any atom is -0.459 e. The number of ether oxygens (including phenoxy) is 1. The van der Waals surface area contributed by atoms with Crippen molar-refractivity contribution in [2.45, 2.75) is 38.7 Å². The summed E-state index contributed by atoms with van der Waals surface area (Å²) < 4.78 is 5.34. The minimum atomic E-state index is -0.406. The Morgan fingerprint density at radius 3 is 2.89 bits per heavy atom. The molecule has 4 nitrogen and oxygen atoms in total. The van der Waals surface area contributed by atoms with Gasteiger partial charge in [-0.05, 0) is 45.9 Å². The number of carbonyl (C=O) groups excluding carboxylic acids is 1. The molecule has 0 bridgehead atoms. The Morgan fingerprint density at radius 2 is 2.26 bits per heavy atom. The van der Waals surface area contributed by atoms with Gasteiger partial charge in [-0.1, -0.05) is 6.07 Å². The quantitative estimate of drug-likeness (QED) is 0.783. The molecular formula is C15H22N2O2. The number of esters is 1. The molecule has 0 N–H and O–H groups in total. The van der Waals surface area contributed by atoms with Crippen molar-refractivity contribution in [1.29, 1.82) is 0 Å². The third-order valence-corrected chi connectivity index (χ3v) is 3.15. The molecule has 1 fully saturated rings. The number of hydrogen-bond donors (Lipinski definition) is 0. The van der Waals surface area contributed by atoms with Gasteiger partial charge in [0.25, 0.3) is 0 Å². The number of nitrogens with zero attached hydrogens (tertiary/aromatic N) is 2. The number of rotatable bonds is 3. The van der Waals surface area contributed by atoms with Crippen LogP contribution < -0.4 is 0 Å². The number of carbonyl (C=O) groups is 1. The van der Waals surface area contributed by atoms with Crippen LogP contribution in [0, 0.1) is 0 Å². The van der Waals surface area contributed by atoms with Gasteiger partial charge >= 0.3 is 5.97 Å². The molecule has 1 unspecified atom stereocenters. The lowest BCUT2D eigenvalue weighted by Crippen LogP contribution is -2.33. The van der Waals surface area contributed by atoms with Crippen molar-refractivity contribution in [1.82, 2.24) is 9.88 Å². The van der Waals surface area contributed by atoms with E-state index >= 15 is 0 Å². The summed E-state index contributed by atoms with van der Waals surface area (Å²) in [6, 6.07) is 6.00. The largest absolute Gasteiger partial charge is 0.459 e. The van der Waals surface area contributed by atoms with Crippen LogP contribution in [0.2, 0.25) is 0 Å². The molecule has 0 spiro atoms. The highest BCUT2D eigenvalue weighted by atomic mass is 16.6. The molecule has 1 saturated heterocycles. The van der Waals surface area contributed by atoms with E-state index in [2.05, 4.69) is 16.0 Å². The molecule has 0 amide bonds. The van der Waals surface area contributed by atoms with Crippen molar-refractivity contribution < 1.29 is 9.53 Å². The van der Waals surface area contributed by atoms with E-state index in [9.17, 15) is 4.79 Å². The van der Waals surface area contributed by atoms with Crippen LogP contribution in [0.1, 0.15) is 38.8 Å². The SMILES string of the molecule is CC(C)(C)OC(=O)CN1CCC(c2ccccn2)C1. The summed E-state index contributed by atoms with van der Waals surface area (Å²) in [5, 5.41) is 0. The molecule has 2 heterocycles. The highest BCUT2D eigenvalue weighted by Crippen LogP contribution is 2.25. The molecule has 0 saturated carbocycles. The van der Waals surface area contributed by atoms with Crippen molar-refractivity contribution in [3.63, 3.8) is 0 Å². The van der Waals surface area contributed by atoms with Crippen molar-refractivity contribution in [2.75, 3.05) is 19.6 Å². The Balaban J connectivity index is 1.84. The predicted molar refractivity (Wildman–Crippen MR) is 73.9 cm³/mol. The molecule has 1 aliphatic heterocycles. The van der Waals surface area contributed by atoms with E-state index in [4.69, 9.17) is 4.74 Å². The second kappa shape index (κ2) is 5.70. The van der Waals surface area contributed by atoms with Crippen LogP contribution in [-0.4, -0.2) is 41.1 Å². The maximum absolute atomic E-state index is 11.8. The fourth-order valence-electron chi connectivity index (χ4n) is 2.39. The molecule has 1 atom stereocenters. The van der Waals surface area contributed by atoms with Gasteiger partial charge in [-0.25, -0.2) is 0 Å². The normalized spacial score (nSPS) is 20.5. The molecule has 4 heteroatoms. The van der Waals surface area contributed by atoms with E-state index in [1.54, 1.807) is 0 Å². The van der Waals surface area contributed by atoms with Crippen molar-refractivity contribution >= 4 is 5.97 Å². The number of aromatic nitrogens is 1. The first-order valence-electron chi connectivity index (χ1n) is 6.79. The molecule has 2 rings (SSSR count). The Labute approximate surface area is 114 Å². The molecule has 104 valence electrons. The Hall–Kier alpha value is -1.42. The van der Waals surface area contributed by atoms with Gasteiger partial charge in [-0.3, -0.25) is 14.7 Å². The Bertz CT molecular complexity index is 426. The molecule has 0 radical (unpaired) electrons. The van der Waals surface area contributed by atoms with E-state index in [-0.39, 0.29) is 5.97 Å². The fraction of sp³-hybridized carbons (Fsp3) is 0.600. The van der Waals surface area contributed by atoms with Gasteiger partial charge in [-0.2, -0.15) is 0 Å². The summed E-state index contributed by atoms with van der Waals surface area (Å²) >= 11 is 0. The maximum Gasteiger partial charge on any atom is 0.320 e. The lowest BCUT2D eigenvalue weighted by Gasteiger charge is -2.22. The van der Waals surface area contributed by atoms with Crippen LogP contribution in [-0.2, 0) is 9.53 Å². The van der Waals surface area contributed by atoms with Gasteiger partial charge in [0.2, 0.25) is 0 Å². The number of hydrogen-bond acceptors (Lipinski definition) is 4. The van der Waals surface area contributed by atoms with Gasteiger partial charge in [0.15, 0.2) is 0 Å². The van der Waals surface area contributed by atoms with E-state index in [0.29, 0.717) is 12.5 Å². The van der Waals surface area contributed by atoms with E-state index < -0.39 is 5.60 Å². The first-order valence-corrected chi connectivity index (χ1v) is 6.79. The highest BCUT2D eigenvalue weighted by Gasteiger charge is 2.27. The second-order valence-electron chi connectivity index (χ2n) is 6.06. The third kappa shape index (κ3) is 4.31. The molecule has 19 heavy (non-hydrogen) atoms. The Morgan fingerprint density at radius 1 is 1.47 bits per heavy atom. The number of likely N-dealkylation sites (tertiary alicyclic amines) is 1. The summed E-state index contributed by atoms with van der Waals surface area (Å²) in [4.78, 5) is 18.3. The van der Waals surface area contributed by atoms with Gasteiger partial charge in [0, 0.05) is 24.4 Å². The first-order chi connectivity index (χ1) is 8.94. The van der Waals surface area contributed by atoms with E-state index in [1.807, 2.05) is 39.1 Å². The summed E-state index contributed by atoms with van der Waals surface area (Å²) in [5.41, 5.74) is 0.714. The topological polar surface area (TPSA) is 42.4 Å². The van der Waals surface area contributed by atoms with Crippen molar-refractivity contribution in [2.24, 2.45) is 0 Å². The van der Waals surface area contributed by atoms with Crippen molar-refractivity contribution in [3.8, 4) is 0 Å². The molecule has 0 aliphatic carbocycles. The smallest absolute Gasteiger partial charge is 0.320 e. The summed E-state index contributed by atoms with van der Waals surface area (Å²) in [6.45, 7) is 7.88. The summed E-state index contributed by atoms with van der Waals surface area (Å²) in [5.74, 6) is 0.290. The van der Waals surface area contributed by atoms with Crippen LogP contribution in [0.15, 0.2) is 24.4 Å². The average molecular weight is 262 g/mol. The third-order valence-electron chi connectivity index (χ3n) is 3.15. The Kier molecular flexibility index (Phi) is 4.20. The van der Waals surface area contributed by atoms with Crippen LogP contribution in [0.4, 0.5) is 0 Å². The van der Waals surface area contributed by atoms with Gasteiger partial charge in [0.05, 0.1) is 6.54 Å². The zero-order chi connectivity index (χ0) is 13.9. The minimum absolute atomic E-state index is 0.144. The predicted octanol–water partition coefficient (Wildman–Crippen LogP) is 2.21. The molecule has 1 aromatic heterocycles. The molecular weight excluding hydrogens is 240 g/mol. The standard InChI is InChI=1S/C15H22N2O2/c1-15(2,3)19-14(18)11-17-9-7-12(10-17)13-6-4-5-8-16-13/h4-6,8,12H,7,9-11H2,1-3H3. The average Bonchev–Trinajstić information content (AvgIpc) is 2.76. The summed E-state index contributed by atoms with van der Waals surface area (Å²) in [7, 11) is 0. The lowest BCUT2D eigenvalue weighted by molar-refractivity contribution is -0.155. The van der Waals surface area contributed by atoms with E-state index in [1.165, 1.54) is 0 Å². The van der Waals surface area contributed by atoms with Crippen molar-refractivity contribution in [3.05, 3.63) is 30.1 Å². The zero-order valence-electron chi connectivity index (χ0n) is 11.9. The monoisotopic (exact) mass is 262 g/mol. The van der Waals surface area contributed by atoms with Crippen LogP contribution in [0.3, 0.4) is 0 Å². The fourth-order valence-corrected chi connectivity index (χ4v) is 2.39. The lowest BCUT2D eigenvalue weighted by atomic mass is 10.0. The molecule has 1 aromatic rings. The highest BCUT2D eigenvalue weighted by molar-refractivity contribution is 5.72. The van der Waals surface area contributed by atoms with Gasteiger partial charge < -0.3 is 4.74 Å². The molecule has 1 aliphatic rings. The van der Waals surface area contributed by atoms with E-state index in [0.717, 1.165) is 25.2 Å². The first kappa shape index (κ1) is 14.0.